The van der Waals surface area contributed by atoms with Crippen molar-refractivity contribution in [3.05, 3.63) is 59.7 Å². The minimum absolute atomic E-state index is 0.584. The Hall–Kier alpha value is -1.27. The Morgan fingerprint density at radius 3 is 1.66 bits per heavy atom. The summed E-state index contributed by atoms with van der Waals surface area (Å²) < 4.78 is 0. The number of hydrogen-bond donors (Lipinski definition) is 0. The zero-order valence-electron chi connectivity index (χ0n) is 18.1. The third-order valence-electron chi connectivity index (χ3n) is 7.86. The van der Waals surface area contributed by atoms with Gasteiger partial charge in [-0.25, -0.2) is 0 Å². The standard InChI is InChI=1S/C28H37Cl/c1-21-2-12-25(13-3-21)26-14-6-22(7-15-26)4-5-23-8-16-27(17-9-23)28-18-10-24(20-29)11-19-28/h8-11,16-19,21-22,25-26H,2-7,12-15,20H2,1H3. The molecule has 0 atom stereocenters. The molecular weight excluding hydrogens is 372 g/mol. The van der Waals surface area contributed by atoms with Gasteiger partial charge in [0.15, 0.2) is 0 Å². The van der Waals surface area contributed by atoms with Gasteiger partial charge in [0, 0.05) is 5.88 Å². The monoisotopic (exact) mass is 408 g/mol. The van der Waals surface area contributed by atoms with Crippen LogP contribution in [-0.2, 0) is 12.3 Å². The summed E-state index contributed by atoms with van der Waals surface area (Å²) in [6.07, 6.45) is 14.6. The molecule has 0 nitrogen and oxygen atoms in total. The second kappa shape index (κ2) is 10.2. The van der Waals surface area contributed by atoms with E-state index >= 15 is 0 Å². The summed E-state index contributed by atoms with van der Waals surface area (Å²) in [4.78, 5) is 0. The van der Waals surface area contributed by atoms with Crippen molar-refractivity contribution in [3.8, 4) is 11.1 Å². The Bertz CT molecular complexity index is 729. The molecule has 4 rings (SSSR count). The lowest BCUT2D eigenvalue weighted by molar-refractivity contribution is 0.148. The average Bonchev–Trinajstić information content (AvgIpc) is 2.79. The highest BCUT2D eigenvalue weighted by Gasteiger charge is 2.29. The van der Waals surface area contributed by atoms with Crippen molar-refractivity contribution >= 4 is 11.6 Å². The minimum atomic E-state index is 0.584. The molecule has 2 saturated carbocycles. The molecular formula is C28H37Cl. The number of alkyl halides is 1. The first-order valence-electron chi connectivity index (χ1n) is 12.0. The van der Waals surface area contributed by atoms with Gasteiger partial charge < -0.3 is 0 Å². The molecule has 0 heterocycles. The molecule has 2 fully saturated rings. The Morgan fingerprint density at radius 1 is 0.655 bits per heavy atom. The first-order valence-corrected chi connectivity index (χ1v) is 12.5. The van der Waals surface area contributed by atoms with E-state index in [4.69, 9.17) is 11.6 Å². The highest BCUT2D eigenvalue weighted by molar-refractivity contribution is 6.17. The van der Waals surface area contributed by atoms with E-state index in [1.807, 2.05) is 0 Å². The maximum atomic E-state index is 5.90. The van der Waals surface area contributed by atoms with Crippen LogP contribution >= 0.6 is 11.6 Å². The summed E-state index contributed by atoms with van der Waals surface area (Å²) in [6, 6.07) is 17.8. The van der Waals surface area contributed by atoms with E-state index in [1.54, 1.807) is 0 Å². The topological polar surface area (TPSA) is 0 Å². The van der Waals surface area contributed by atoms with Crippen molar-refractivity contribution < 1.29 is 0 Å². The average molecular weight is 409 g/mol. The molecule has 0 bridgehead atoms. The number of rotatable bonds is 6. The van der Waals surface area contributed by atoms with Gasteiger partial charge in [-0.2, -0.15) is 0 Å². The Kier molecular flexibility index (Phi) is 7.35. The zero-order chi connectivity index (χ0) is 20.1. The predicted molar refractivity (Wildman–Crippen MR) is 126 cm³/mol. The number of hydrogen-bond acceptors (Lipinski definition) is 0. The molecule has 0 spiro atoms. The SMILES string of the molecule is CC1CCC(C2CCC(CCc3ccc(-c4ccc(CCl)cc4)cc3)CC2)CC1. The fourth-order valence-corrected chi connectivity index (χ4v) is 5.90. The number of halogens is 1. The minimum Gasteiger partial charge on any atom is -0.122 e. The number of benzene rings is 2. The summed E-state index contributed by atoms with van der Waals surface area (Å²) in [5.74, 6) is 4.62. The second-order valence-electron chi connectivity index (χ2n) is 9.87. The lowest BCUT2D eigenvalue weighted by Crippen LogP contribution is -2.25. The summed E-state index contributed by atoms with van der Waals surface area (Å²) in [5, 5.41) is 0. The van der Waals surface area contributed by atoms with Crippen molar-refractivity contribution in [2.45, 2.75) is 77.0 Å². The van der Waals surface area contributed by atoms with Gasteiger partial charge in [0.1, 0.15) is 0 Å². The van der Waals surface area contributed by atoms with Crippen LogP contribution in [0.1, 0.15) is 75.8 Å². The van der Waals surface area contributed by atoms with Crippen LogP contribution in [0.4, 0.5) is 0 Å². The molecule has 2 aromatic carbocycles. The normalized spacial score (nSPS) is 27.7. The summed E-state index contributed by atoms with van der Waals surface area (Å²) in [6.45, 7) is 2.44. The van der Waals surface area contributed by atoms with E-state index in [0.717, 1.165) is 23.7 Å². The van der Waals surface area contributed by atoms with Gasteiger partial charge in [-0.3, -0.25) is 0 Å². The van der Waals surface area contributed by atoms with Gasteiger partial charge in [0.2, 0.25) is 0 Å². The van der Waals surface area contributed by atoms with Crippen molar-refractivity contribution in [2.75, 3.05) is 0 Å². The number of aryl methyl sites for hydroxylation is 1. The van der Waals surface area contributed by atoms with Crippen LogP contribution in [0, 0.1) is 23.7 Å². The Balaban J connectivity index is 1.22. The highest BCUT2D eigenvalue weighted by atomic mass is 35.5. The molecule has 0 unspecified atom stereocenters. The van der Waals surface area contributed by atoms with Gasteiger partial charge in [0.25, 0.3) is 0 Å². The van der Waals surface area contributed by atoms with Crippen LogP contribution in [0.15, 0.2) is 48.5 Å². The summed E-state index contributed by atoms with van der Waals surface area (Å²) >= 11 is 5.90. The summed E-state index contributed by atoms with van der Waals surface area (Å²) in [7, 11) is 0. The predicted octanol–water partition coefficient (Wildman–Crippen LogP) is 8.66. The van der Waals surface area contributed by atoms with E-state index in [9.17, 15) is 0 Å². The van der Waals surface area contributed by atoms with Crippen LogP contribution in [0.2, 0.25) is 0 Å². The smallest absolute Gasteiger partial charge is 0.0474 e. The van der Waals surface area contributed by atoms with Gasteiger partial charge >= 0.3 is 0 Å². The Morgan fingerprint density at radius 2 is 1.14 bits per heavy atom. The van der Waals surface area contributed by atoms with E-state index in [1.165, 1.54) is 86.5 Å². The molecule has 0 aromatic heterocycles. The zero-order valence-corrected chi connectivity index (χ0v) is 18.8. The van der Waals surface area contributed by atoms with E-state index in [-0.39, 0.29) is 0 Å². The third-order valence-corrected chi connectivity index (χ3v) is 8.16. The summed E-state index contributed by atoms with van der Waals surface area (Å²) in [5.41, 5.74) is 5.26. The molecule has 29 heavy (non-hydrogen) atoms. The molecule has 0 aliphatic heterocycles. The molecule has 156 valence electrons. The van der Waals surface area contributed by atoms with E-state index in [2.05, 4.69) is 55.5 Å². The molecule has 2 aliphatic rings. The molecule has 0 saturated heterocycles. The molecule has 0 radical (unpaired) electrons. The lowest BCUT2D eigenvalue weighted by atomic mass is 9.69. The largest absolute Gasteiger partial charge is 0.122 e. The van der Waals surface area contributed by atoms with Gasteiger partial charge in [-0.15, -0.1) is 11.6 Å². The van der Waals surface area contributed by atoms with Crippen molar-refractivity contribution in [1.29, 1.82) is 0 Å². The van der Waals surface area contributed by atoms with Gasteiger partial charge in [0.05, 0.1) is 0 Å². The molecule has 2 aliphatic carbocycles. The van der Waals surface area contributed by atoms with Crippen LogP contribution in [-0.4, -0.2) is 0 Å². The lowest BCUT2D eigenvalue weighted by Gasteiger charge is -2.37. The maximum Gasteiger partial charge on any atom is 0.0474 e. The van der Waals surface area contributed by atoms with Crippen molar-refractivity contribution in [3.63, 3.8) is 0 Å². The van der Waals surface area contributed by atoms with E-state index in [0.29, 0.717) is 5.88 Å². The highest BCUT2D eigenvalue weighted by Crippen LogP contribution is 2.42. The Labute approximate surface area is 183 Å². The fraction of sp³-hybridized carbons (Fsp3) is 0.571. The fourth-order valence-electron chi connectivity index (χ4n) is 5.73. The molecule has 1 heteroatoms. The first-order chi connectivity index (χ1) is 14.2. The van der Waals surface area contributed by atoms with Crippen molar-refractivity contribution in [1.82, 2.24) is 0 Å². The molecule has 0 N–H and O–H groups in total. The maximum absolute atomic E-state index is 5.90. The first kappa shape index (κ1) is 21.0. The van der Waals surface area contributed by atoms with Crippen LogP contribution in [0.25, 0.3) is 11.1 Å². The van der Waals surface area contributed by atoms with Gasteiger partial charge in [-0.1, -0.05) is 81.1 Å². The molecule has 2 aromatic rings. The second-order valence-corrected chi connectivity index (χ2v) is 10.1. The molecule has 0 amide bonds. The van der Waals surface area contributed by atoms with Crippen LogP contribution < -0.4 is 0 Å². The third kappa shape index (κ3) is 5.66. The van der Waals surface area contributed by atoms with Crippen molar-refractivity contribution in [2.24, 2.45) is 23.7 Å². The quantitative estimate of drug-likeness (QED) is 0.419. The van der Waals surface area contributed by atoms with Crippen LogP contribution in [0.3, 0.4) is 0 Å². The van der Waals surface area contributed by atoms with E-state index < -0.39 is 0 Å². The van der Waals surface area contributed by atoms with Crippen LogP contribution in [0.5, 0.6) is 0 Å². The van der Waals surface area contributed by atoms with Gasteiger partial charge in [-0.05, 0) is 84.5 Å².